The molecule has 0 aliphatic carbocycles. The zero-order chi connectivity index (χ0) is 13.6. The highest BCUT2D eigenvalue weighted by atomic mass is 35.5. The lowest BCUT2D eigenvalue weighted by Crippen LogP contribution is -1.96. The molecule has 2 aromatic heterocycles. The Hall–Kier alpha value is -1.92. The van der Waals surface area contributed by atoms with Gasteiger partial charge in [0, 0.05) is 17.5 Å². The van der Waals surface area contributed by atoms with E-state index in [4.69, 9.17) is 5.11 Å². The van der Waals surface area contributed by atoms with E-state index in [9.17, 15) is 9.18 Å². The number of fused-ring (bicyclic) bond motifs is 1. The quantitative estimate of drug-likeness (QED) is 0.786. The van der Waals surface area contributed by atoms with E-state index in [1.165, 1.54) is 12.1 Å². The Balaban J connectivity index is 0.00000147. The summed E-state index contributed by atoms with van der Waals surface area (Å²) in [5.41, 5.74) is 1.93. The minimum atomic E-state index is -0.958. The molecule has 1 N–H and O–H groups in total. The topological polar surface area (TPSA) is 54.6 Å². The highest BCUT2D eigenvalue weighted by molar-refractivity contribution is 7.19. The third-order valence-electron chi connectivity index (χ3n) is 2.87. The maximum absolute atomic E-state index is 13.2. The second-order valence-corrected chi connectivity index (χ2v) is 5.09. The van der Waals surface area contributed by atoms with E-state index in [0.717, 1.165) is 11.3 Å². The number of carboxylic acid groups (broad SMARTS) is 1. The SMILES string of the molecule is Cc1c(C(=O)O)sc2nc(-c3cccc(F)c3)cn12.Cl. The predicted molar refractivity (Wildman–Crippen MR) is 77.4 cm³/mol. The lowest BCUT2D eigenvalue weighted by Gasteiger charge is -1.96. The lowest BCUT2D eigenvalue weighted by molar-refractivity contribution is 0.0701. The summed E-state index contributed by atoms with van der Waals surface area (Å²) in [4.78, 5) is 16.2. The monoisotopic (exact) mass is 312 g/mol. The normalized spacial score (nSPS) is 10.5. The molecule has 20 heavy (non-hydrogen) atoms. The molecular formula is C13H10ClFN2O2S. The molecule has 0 fully saturated rings. The Morgan fingerprint density at radius 3 is 2.80 bits per heavy atom. The van der Waals surface area contributed by atoms with Gasteiger partial charge in [0.1, 0.15) is 10.7 Å². The van der Waals surface area contributed by atoms with Crippen LogP contribution in [0.3, 0.4) is 0 Å². The number of thiazole rings is 1. The molecule has 0 saturated carbocycles. The molecule has 7 heteroatoms. The van der Waals surface area contributed by atoms with Gasteiger partial charge in [0.15, 0.2) is 4.96 Å². The van der Waals surface area contributed by atoms with Crippen LogP contribution in [0, 0.1) is 12.7 Å². The summed E-state index contributed by atoms with van der Waals surface area (Å²) in [5.74, 6) is -1.28. The second kappa shape index (κ2) is 5.22. The number of aromatic carboxylic acids is 1. The summed E-state index contributed by atoms with van der Waals surface area (Å²) < 4.78 is 14.9. The number of aryl methyl sites for hydroxylation is 1. The van der Waals surface area contributed by atoms with Crippen molar-refractivity contribution < 1.29 is 14.3 Å². The summed E-state index contributed by atoms with van der Waals surface area (Å²) in [6.07, 6.45) is 1.72. The smallest absolute Gasteiger partial charge is 0.347 e. The molecule has 0 spiro atoms. The van der Waals surface area contributed by atoms with Gasteiger partial charge >= 0.3 is 5.97 Å². The molecule has 2 heterocycles. The van der Waals surface area contributed by atoms with Crippen LogP contribution in [0.5, 0.6) is 0 Å². The summed E-state index contributed by atoms with van der Waals surface area (Å²) in [6.45, 7) is 1.73. The van der Waals surface area contributed by atoms with Gasteiger partial charge in [0.2, 0.25) is 0 Å². The van der Waals surface area contributed by atoms with Crippen molar-refractivity contribution in [3.05, 3.63) is 46.9 Å². The molecule has 0 saturated heterocycles. The fraction of sp³-hybridized carbons (Fsp3) is 0.0769. The standard InChI is InChI=1S/C13H9FN2O2S.ClH/c1-7-11(12(17)18)19-13-15-10(6-16(7)13)8-3-2-4-9(14)5-8;/h2-6H,1H3,(H,17,18);1H. The van der Waals surface area contributed by atoms with Crippen molar-refractivity contribution in [3.63, 3.8) is 0 Å². The molecule has 0 aliphatic heterocycles. The average Bonchev–Trinajstić information content (AvgIpc) is 2.89. The molecule has 0 radical (unpaired) electrons. The minimum absolute atomic E-state index is 0. The summed E-state index contributed by atoms with van der Waals surface area (Å²) in [6, 6.07) is 6.16. The Bertz CT molecular complexity index is 797. The fourth-order valence-electron chi connectivity index (χ4n) is 1.94. The number of rotatable bonds is 2. The molecular weight excluding hydrogens is 303 g/mol. The predicted octanol–water partition coefficient (Wildman–Crippen LogP) is 3.63. The molecule has 0 aliphatic rings. The third kappa shape index (κ3) is 2.28. The van der Waals surface area contributed by atoms with E-state index >= 15 is 0 Å². The van der Waals surface area contributed by atoms with Gasteiger partial charge in [0.25, 0.3) is 0 Å². The molecule has 0 amide bonds. The van der Waals surface area contributed by atoms with Crippen LogP contribution in [0.25, 0.3) is 16.2 Å². The number of hydrogen-bond donors (Lipinski definition) is 1. The Morgan fingerprint density at radius 2 is 2.20 bits per heavy atom. The summed E-state index contributed by atoms with van der Waals surface area (Å²) in [7, 11) is 0. The summed E-state index contributed by atoms with van der Waals surface area (Å²) >= 11 is 1.11. The van der Waals surface area contributed by atoms with Crippen molar-refractivity contribution in [3.8, 4) is 11.3 Å². The molecule has 3 rings (SSSR count). The van der Waals surface area contributed by atoms with Crippen LogP contribution in [-0.4, -0.2) is 20.5 Å². The molecule has 0 atom stereocenters. The van der Waals surface area contributed by atoms with Crippen LogP contribution >= 0.6 is 23.7 Å². The molecule has 3 aromatic rings. The summed E-state index contributed by atoms with van der Waals surface area (Å²) in [5, 5.41) is 9.03. The van der Waals surface area contributed by atoms with E-state index in [1.54, 1.807) is 29.7 Å². The third-order valence-corrected chi connectivity index (χ3v) is 4.02. The van der Waals surface area contributed by atoms with Gasteiger partial charge in [-0.2, -0.15) is 0 Å². The maximum atomic E-state index is 13.2. The zero-order valence-electron chi connectivity index (χ0n) is 10.3. The van der Waals surface area contributed by atoms with E-state index < -0.39 is 5.97 Å². The Kier molecular flexibility index (Phi) is 3.78. The van der Waals surface area contributed by atoms with Gasteiger partial charge < -0.3 is 5.11 Å². The number of aromatic nitrogens is 2. The van der Waals surface area contributed by atoms with Crippen molar-refractivity contribution in [2.75, 3.05) is 0 Å². The van der Waals surface area contributed by atoms with E-state index in [0.29, 0.717) is 21.9 Å². The number of hydrogen-bond acceptors (Lipinski definition) is 3. The number of carboxylic acids is 1. The van der Waals surface area contributed by atoms with Gasteiger partial charge in [0.05, 0.1) is 5.69 Å². The largest absolute Gasteiger partial charge is 0.477 e. The average molecular weight is 313 g/mol. The first kappa shape index (κ1) is 14.5. The minimum Gasteiger partial charge on any atom is -0.477 e. The highest BCUT2D eigenvalue weighted by Gasteiger charge is 2.17. The van der Waals surface area contributed by atoms with Crippen LogP contribution in [-0.2, 0) is 0 Å². The van der Waals surface area contributed by atoms with Crippen LogP contribution in [0.4, 0.5) is 4.39 Å². The van der Waals surface area contributed by atoms with E-state index in [-0.39, 0.29) is 23.1 Å². The Morgan fingerprint density at radius 1 is 1.45 bits per heavy atom. The van der Waals surface area contributed by atoms with Gasteiger partial charge in [-0.3, -0.25) is 4.40 Å². The lowest BCUT2D eigenvalue weighted by atomic mass is 10.2. The van der Waals surface area contributed by atoms with Gasteiger partial charge in [-0.15, -0.1) is 12.4 Å². The highest BCUT2D eigenvalue weighted by Crippen LogP contribution is 2.27. The number of halogens is 2. The van der Waals surface area contributed by atoms with Crippen LogP contribution in [0.15, 0.2) is 30.5 Å². The maximum Gasteiger partial charge on any atom is 0.347 e. The van der Waals surface area contributed by atoms with E-state index in [1.807, 2.05) is 0 Å². The number of benzene rings is 1. The molecule has 4 nitrogen and oxygen atoms in total. The zero-order valence-corrected chi connectivity index (χ0v) is 12.0. The van der Waals surface area contributed by atoms with Gasteiger partial charge in [-0.05, 0) is 19.1 Å². The first-order valence-corrected chi connectivity index (χ1v) is 6.35. The van der Waals surface area contributed by atoms with Crippen LogP contribution in [0.1, 0.15) is 15.4 Å². The van der Waals surface area contributed by atoms with Gasteiger partial charge in [-0.1, -0.05) is 23.5 Å². The van der Waals surface area contributed by atoms with Crippen molar-refractivity contribution in [2.45, 2.75) is 6.92 Å². The first-order chi connectivity index (χ1) is 9.06. The first-order valence-electron chi connectivity index (χ1n) is 5.54. The second-order valence-electron chi connectivity index (χ2n) is 4.11. The number of imidazole rings is 1. The van der Waals surface area contributed by atoms with Crippen molar-refractivity contribution in [1.82, 2.24) is 9.38 Å². The molecule has 104 valence electrons. The molecule has 1 aromatic carbocycles. The van der Waals surface area contributed by atoms with Crippen LogP contribution in [0.2, 0.25) is 0 Å². The fourth-order valence-corrected chi connectivity index (χ4v) is 2.88. The van der Waals surface area contributed by atoms with Crippen molar-refractivity contribution >= 4 is 34.7 Å². The molecule has 0 bridgehead atoms. The van der Waals surface area contributed by atoms with Crippen molar-refractivity contribution in [2.24, 2.45) is 0 Å². The molecule has 0 unspecified atom stereocenters. The van der Waals surface area contributed by atoms with Gasteiger partial charge in [-0.25, -0.2) is 14.2 Å². The number of carbonyl (C=O) groups is 1. The van der Waals surface area contributed by atoms with E-state index in [2.05, 4.69) is 4.98 Å². The Labute approximate surface area is 123 Å². The van der Waals surface area contributed by atoms with Crippen LogP contribution < -0.4 is 0 Å². The number of nitrogens with zero attached hydrogens (tertiary/aromatic N) is 2. The van der Waals surface area contributed by atoms with Crippen molar-refractivity contribution in [1.29, 1.82) is 0 Å².